The Morgan fingerprint density at radius 3 is 2.56 bits per heavy atom. The number of alkyl halides is 2. The lowest BCUT2D eigenvalue weighted by atomic mass is 10.1. The molecule has 2 rings (SSSR count). The summed E-state index contributed by atoms with van der Waals surface area (Å²) in [5, 5.41) is 2.64. The highest BCUT2D eigenvalue weighted by Crippen LogP contribution is 2.53. The lowest BCUT2D eigenvalue weighted by Gasteiger charge is -2.11. The Morgan fingerprint density at radius 1 is 1.44 bits per heavy atom. The molecule has 0 aliphatic heterocycles. The Bertz CT molecular complexity index is 529. The molecule has 1 aliphatic carbocycles. The molecular formula is C12H12Cl2N2O2. The van der Waals surface area contributed by atoms with E-state index in [1.54, 1.807) is 25.1 Å². The van der Waals surface area contributed by atoms with Gasteiger partial charge in [0.25, 0.3) is 5.91 Å². The van der Waals surface area contributed by atoms with Crippen molar-refractivity contribution < 1.29 is 9.59 Å². The number of primary amides is 1. The first kappa shape index (κ1) is 13.2. The molecule has 1 aromatic rings. The van der Waals surface area contributed by atoms with Crippen LogP contribution in [-0.2, 0) is 4.79 Å². The standard InChI is InChI=1S/C12H12Cl2N2O2/c1-6-3-2-4-8(9(6)10(15)17)16-11(18)7-5-12(7,13)14/h2-4,7H,5H2,1H3,(H2,15,17)(H,16,18). The maximum atomic E-state index is 11.8. The predicted molar refractivity (Wildman–Crippen MR) is 70.9 cm³/mol. The molecule has 3 N–H and O–H groups in total. The molecule has 1 aliphatic rings. The Balaban J connectivity index is 2.22. The molecule has 0 bridgehead atoms. The molecule has 18 heavy (non-hydrogen) atoms. The molecule has 4 nitrogen and oxygen atoms in total. The lowest BCUT2D eigenvalue weighted by Crippen LogP contribution is -2.21. The van der Waals surface area contributed by atoms with Crippen molar-refractivity contribution in [3.8, 4) is 0 Å². The fourth-order valence-corrected chi connectivity index (χ4v) is 2.32. The largest absolute Gasteiger partial charge is 0.366 e. The Labute approximate surface area is 114 Å². The van der Waals surface area contributed by atoms with Crippen LogP contribution in [0.5, 0.6) is 0 Å². The van der Waals surface area contributed by atoms with E-state index >= 15 is 0 Å². The predicted octanol–water partition coefficient (Wildman–Crippen LogP) is 2.23. The summed E-state index contributed by atoms with van der Waals surface area (Å²) < 4.78 is -0.985. The summed E-state index contributed by atoms with van der Waals surface area (Å²) in [6, 6.07) is 5.11. The topological polar surface area (TPSA) is 72.2 Å². The van der Waals surface area contributed by atoms with Crippen LogP contribution in [0.2, 0.25) is 0 Å². The van der Waals surface area contributed by atoms with Crippen molar-refractivity contribution in [2.75, 3.05) is 5.32 Å². The minimum atomic E-state index is -0.985. The molecule has 0 radical (unpaired) electrons. The highest BCUT2D eigenvalue weighted by molar-refractivity contribution is 6.52. The fraction of sp³-hybridized carbons (Fsp3) is 0.333. The number of amides is 2. The van der Waals surface area contributed by atoms with E-state index in [0.717, 1.165) is 0 Å². The number of aryl methyl sites for hydroxylation is 1. The van der Waals surface area contributed by atoms with Crippen molar-refractivity contribution in [2.24, 2.45) is 11.7 Å². The third-order valence-corrected chi connectivity index (χ3v) is 3.75. The van der Waals surface area contributed by atoms with Crippen molar-refractivity contribution in [1.82, 2.24) is 0 Å². The van der Waals surface area contributed by atoms with Gasteiger partial charge < -0.3 is 11.1 Å². The molecular weight excluding hydrogens is 275 g/mol. The molecule has 1 saturated carbocycles. The maximum absolute atomic E-state index is 11.8. The van der Waals surface area contributed by atoms with Crippen molar-refractivity contribution in [3.63, 3.8) is 0 Å². The van der Waals surface area contributed by atoms with Crippen molar-refractivity contribution in [3.05, 3.63) is 29.3 Å². The van der Waals surface area contributed by atoms with E-state index in [4.69, 9.17) is 28.9 Å². The van der Waals surface area contributed by atoms with E-state index < -0.39 is 16.2 Å². The number of carbonyl (C=O) groups excluding carboxylic acids is 2. The summed E-state index contributed by atoms with van der Waals surface area (Å²) in [6.07, 6.45) is 0.416. The molecule has 0 saturated heterocycles. The van der Waals surface area contributed by atoms with E-state index in [1.165, 1.54) is 0 Å². The van der Waals surface area contributed by atoms with Gasteiger partial charge in [-0.3, -0.25) is 9.59 Å². The number of halogens is 2. The second-order valence-electron chi connectivity index (χ2n) is 4.37. The monoisotopic (exact) mass is 286 g/mol. The first-order valence-electron chi connectivity index (χ1n) is 5.41. The molecule has 1 fully saturated rings. The van der Waals surface area contributed by atoms with Gasteiger partial charge in [-0.05, 0) is 25.0 Å². The SMILES string of the molecule is Cc1cccc(NC(=O)C2CC2(Cl)Cl)c1C(N)=O. The van der Waals surface area contributed by atoms with Crippen LogP contribution in [0.4, 0.5) is 5.69 Å². The Morgan fingerprint density at radius 2 is 2.06 bits per heavy atom. The number of anilines is 1. The zero-order valence-corrected chi connectivity index (χ0v) is 11.2. The smallest absolute Gasteiger partial charge is 0.251 e. The zero-order chi connectivity index (χ0) is 13.5. The van der Waals surface area contributed by atoms with Gasteiger partial charge in [0.05, 0.1) is 17.2 Å². The van der Waals surface area contributed by atoms with E-state index in [0.29, 0.717) is 23.2 Å². The summed E-state index contributed by atoms with van der Waals surface area (Å²) in [4.78, 5) is 23.2. The maximum Gasteiger partial charge on any atom is 0.251 e. The summed E-state index contributed by atoms with van der Waals surface area (Å²) >= 11 is 11.6. The van der Waals surface area contributed by atoms with E-state index in [2.05, 4.69) is 5.32 Å². The molecule has 6 heteroatoms. The van der Waals surface area contributed by atoms with Crippen LogP contribution in [-0.4, -0.2) is 16.1 Å². The average molecular weight is 287 g/mol. The van der Waals surface area contributed by atoms with Gasteiger partial charge in [-0.15, -0.1) is 23.2 Å². The number of nitrogens with two attached hydrogens (primary N) is 1. The minimum Gasteiger partial charge on any atom is -0.366 e. The number of benzene rings is 1. The van der Waals surface area contributed by atoms with Gasteiger partial charge in [-0.2, -0.15) is 0 Å². The third-order valence-electron chi connectivity index (χ3n) is 2.92. The van der Waals surface area contributed by atoms with Gasteiger partial charge in [0, 0.05) is 0 Å². The number of hydrogen-bond acceptors (Lipinski definition) is 2. The summed E-state index contributed by atoms with van der Waals surface area (Å²) in [5.74, 6) is -1.32. The van der Waals surface area contributed by atoms with Crippen molar-refractivity contribution in [1.29, 1.82) is 0 Å². The molecule has 0 spiro atoms. The molecule has 0 heterocycles. The molecule has 1 aromatic carbocycles. The van der Waals surface area contributed by atoms with Gasteiger partial charge in [-0.1, -0.05) is 12.1 Å². The van der Waals surface area contributed by atoms with Crippen LogP contribution in [0.25, 0.3) is 0 Å². The van der Waals surface area contributed by atoms with E-state index in [1.807, 2.05) is 0 Å². The number of carbonyl (C=O) groups is 2. The average Bonchev–Trinajstić information content (AvgIpc) is 2.87. The molecule has 96 valence electrons. The normalized spacial score (nSPS) is 20.3. The molecule has 1 unspecified atom stereocenters. The van der Waals surface area contributed by atoms with Gasteiger partial charge in [0.15, 0.2) is 0 Å². The van der Waals surface area contributed by atoms with Gasteiger partial charge in [-0.25, -0.2) is 0 Å². The minimum absolute atomic E-state index is 0.298. The van der Waals surface area contributed by atoms with Crippen LogP contribution < -0.4 is 11.1 Å². The Kier molecular flexibility index (Phi) is 3.25. The van der Waals surface area contributed by atoms with Gasteiger partial charge in [0.2, 0.25) is 5.91 Å². The van der Waals surface area contributed by atoms with Gasteiger partial charge >= 0.3 is 0 Å². The van der Waals surface area contributed by atoms with Crippen molar-refractivity contribution >= 4 is 40.7 Å². The Hall–Kier alpha value is -1.26. The number of rotatable bonds is 3. The van der Waals surface area contributed by atoms with Crippen LogP contribution in [0, 0.1) is 12.8 Å². The van der Waals surface area contributed by atoms with Crippen LogP contribution >= 0.6 is 23.2 Å². The van der Waals surface area contributed by atoms with Gasteiger partial charge in [0.1, 0.15) is 4.33 Å². The highest BCUT2D eigenvalue weighted by atomic mass is 35.5. The zero-order valence-electron chi connectivity index (χ0n) is 9.67. The summed E-state index contributed by atoms with van der Waals surface area (Å²) in [7, 11) is 0. The van der Waals surface area contributed by atoms with Crippen molar-refractivity contribution in [2.45, 2.75) is 17.7 Å². The first-order chi connectivity index (χ1) is 8.33. The third kappa shape index (κ3) is 2.44. The summed E-state index contributed by atoms with van der Waals surface area (Å²) in [6.45, 7) is 1.75. The van der Waals surface area contributed by atoms with E-state index in [9.17, 15) is 9.59 Å². The van der Waals surface area contributed by atoms with Crippen LogP contribution in [0.15, 0.2) is 18.2 Å². The highest BCUT2D eigenvalue weighted by Gasteiger charge is 2.56. The lowest BCUT2D eigenvalue weighted by molar-refractivity contribution is -0.117. The number of hydrogen-bond donors (Lipinski definition) is 2. The number of nitrogens with one attached hydrogen (secondary N) is 1. The molecule has 0 aromatic heterocycles. The fourth-order valence-electron chi connectivity index (χ4n) is 1.82. The van der Waals surface area contributed by atoms with Crippen LogP contribution in [0.3, 0.4) is 0 Å². The summed E-state index contributed by atoms with van der Waals surface area (Å²) in [5.41, 5.74) is 6.70. The quantitative estimate of drug-likeness (QED) is 0.837. The first-order valence-corrected chi connectivity index (χ1v) is 6.16. The second-order valence-corrected chi connectivity index (χ2v) is 5.91. The second kappa shape index (κ2) is 4.44. The van der Waals surface area contributed by atoms with Crippen LogP contribution in [0.1, 0.15) is 22.3 Å². The molecule has 2 amide bonds. The molecule has 1 atom stereocenters. The van der Waals surface area contributed by atoms with E-state index in [-0.39, 0.29) is 5.91 Å².